The molecule has 3 aliphatic rings. The minimum atomic E-state index is -2.87. The lowest BCUT2D eigenvalue weighted by Crippen LogP contribution is -2.47. The van der Waals surface area contributed by atoms with E-state index in [2.05, 4.69) is 22.3 Å². The van der Waals surface area contributed by atoms with Gasteiger partial charge in [0.15, 0.2) is 0 Å². The molecule has 2 fully saturated rings. The lowest BCUT2D eigenvalue weighted by Gasteiger charge is -2.39. The van der Waals surface area contributed by atoms with Crippen LogP contribution in [0.15, 0.2) is 12.4 Å². The number of piperidine rings is 1. The maximum Gasteiger partial charge on any atom is 0.290 e. The number of rotatable bonds is 3. The summed E-state index contributed by atoms with van der Waals surface area (Å²) < 4.78 is 30.9. The van der Waals surface area contributed by atoms with E-state index in [0.29, 0.717) is 35.7 Å². The largest absolute Gasteiger partial charge is 0.338 e. The highest BCUT2D eigenvalue weighted by Gasteiger charge is 2.44. The van der Waals surface area contributed by atoms with E-state index in [4.69, 9.17) is 4.98 Å². The summed E-state index contributed by atoms with van der Waals surface area (Å²) in [5.41, 5.74) is 1.95. The fraction of sp³-hybridized carbons (Fsp3) is 0.632. The highest BCUT2D eigenvalue weighted by Crippen LogP contribution is 2.44. The van der Waals surface area contributed by atoms with Crippen molar-refractivity contribution in [3.05, 3.63) is 23.7 Å². The van der Waals surface area contributed by atoms with Crippen molar-refractivity contribution in [3.63, 3.8) is 0 Å². The van der Waals surface area contributed by atoms with Crippen molar-refractivity contribution in [2.75, 3.05) is 24.5 Å². The quantitative estimate of drug-likeness (QED) is 0.895. The summed E-state index contributed by atoms with van der Waals surface area (Å²) in [6.45, 7) is 4.85. The Morgan fingerprint density at radius 3 is 2.70 bits per heavy atom. The zero-order valence-corrected chi connectivity index (χ0v) is 15.5. The number of anilines is 1. The molecule has 2 saturated heterocycles. The molecule has 0 amide bonds. The average Bonchev–Trinajstić information content (AvgIpc) is 3.26. The number of fused-ring (bicyclic) bond motifs is 1. The Morgan fingerprint density at radius 1 is 1.19 bits per heavy atom. The summed E-state index contributed by atoms with van der Waals surface area (Å²) in [4.78, 5) is 11.0. The number of halogens is 2. The molecule has 0 aromatic carbocycles. The fourth-order valence-electron chi connectivity index (χ4n) is 4.32. The maximum atomic E-state index is 14.5. The van der Waals surface area contributed by atoms with Crippen molar-refractivity contribution in [1.82, 2.24) is 25.1 Å². The minimum Gasteiger partial charge on any atom is -0.338 e. The molecule has 0 bridgehead atoms. The van der Waals surface area contributed by atoms with Gasteiger partial charge in [-0.1, -0.05) is 0 Å². The van der Waals surface area contributed by atoms with E-state index in [1.54, 1.807) is 6.20 Å². The maximum absolute atomic E-state index is 14.5. The predicted molar refractivity (Wildman–Crippen MR) is 98.0 cm³/mol. The molecule has 5 rings (SSSR count). The Hall–Kier alpha value is -2.09. The minimum absolute atomic E-state index is 0.0868. The standard InChI is InChI=1S/C19H24F2N6/c1-12-5-9-26(12)18-24-16(15-2-6-19(20,21)17(15)25-18)13-10-23-27(11-13)14-3-7-22-8-4-14/h10-12,14,22H,2-9H2,1H3. The van der Waals surface area contributed by atoms with E-state index in [9.17, 15) is 8.78 Å². The first-order valence-corrected chi connectivity index (χ1v) is 9.84. The normalized spacial score (nSPS) is 24.7. The SMILES string of the molecule is CC1CCN1c1nc(-c2cnn(C3CCNCC3)c2)c2c(n1)C(F)(F)CC2. The van der Waals surface area contributed by atoms with Gasteiger partial charge in [-0.3, -0.25) is 4.68 Å². The van der Waals surface area contributed by atoms with Gasteiger partial charge in [0.25, 0.3) is 5.92 Å². The van der Waals surface area contributed by atoms with Crippen molar-refractivity contribution in [1.29, 1.82) is 0 Å². The van der Waals surface area contributed by atoms with Gasteiger partial charge in [0.05, 0.1) is 17.9 Å². The highest BCUT2D eigenvalue weighted by atomic mass is 19.3. The molecule has 27 heavy (non-hydrogen) atoms. The molecule has 0 radical (unpaired) electrons. The molecule has 8 heteroatoms. The van der Waals surface area contributed by atoms with Crippen LogP contribution in [-0.2, 0) is 12.3 Å². The van der Waals surface area contributed by atoms with Gasteiger partial charge in [-0.15, -0.1) is 0 Å². The van der Waals surface area contributed by atoms with E-state index < -0.39 is 5.92 Å². The zero-order chi connectivity index (χ0) is 18.6. The molecule has 0 saturated carbocycles. The first-order chi connectivity index (χ1) is 13.0. The highest BCUT2D eigenvalue weighted by molar-refractivity contribution is 5.66. The van der Waals surface area contributed by atoms with E-state index in [1.165, 1.54) is 0 Å². The molecule has 144 valence electrons. The van der Waals surface area contributed by atoms with Crippen LogP contribution in [0.1, 0.15) is 49.9 Å². The number of hydrogen-bond donors (Lipinski definition) is 1. The summed E-state index contributed by atoms with van der Waals surface area (Å²) >= 11 is 0. The van der Waals surface area contributed by atoms with Crippen molar-refractivity contribution < 1.29 is 8.78 Å². The molecule has 1 unspecified atom stereocenters. The van der Waals surface area contributed by atoms with Gasteiger partial charge in [-0.25, -0.2) is 9.97 Å². The molecule has 1 atom stereocenters. The van der Waals surface area contributed by atoms with Crippen LogP contribution in [0.2, 0.25) is 0 Å². The van der Waals surface area contributed by atoms with Crippen LogP contribution >= 0.6 is 0 Å². The van der Waals surface area contributed by atoms with Crippen LogP contribution in [0.3, 0.4) is 0 Å². The monoisotopic (exact) mass is 374 g/mol. The summed E-state index contributed by atoms with van der Waals surface area (Å²) in [6, 6.07) is 0.648. The third kappa shape index (κ3) is 2.81. The predicted octanol–water partition coefficient (Wildman–Crippen LogP) is 2.90. The summed E-state index contributed by atoms with van der Waals surface area (Å²) in [7, 11) is 0. The average molecular weight is 374 g/mol. The molecule has 2 aliphatic heterocycles. The second kappa shape index (κ2) is 6.22. The Kier molecular flexibility index (Phi) is 3.93. The molecule has 2 aromatic heterocycles. The smallest absolute Gasteiger partial charge is 0.290 e. The third-order valence-electron chi connectivity index (χ3n) is 6.17. The van der Waals surface area contributed by atoms with Gasteiger partial charge in [0.2, 0.25) is 5.95 Å². The van der Waals surface area contributed by atoms with E-state index in [-0.39, 0.29) is 12.1 Å². The molecule has 1 N–H and O–H groups in total. The Balaban J connectivity index is 1.56. The molecule has 1 aliphatic carbocycles. The second-order valence-electron chi connectivity index (χ2n) is 7.93. The number of hydrogen-bond acceptors (Lipinski definition) is 5. The Labute approximate surface area is 157 Å². The second-order valence-corrected chi connectivity index (χ2v) is 7.93. The van der Waals surface area contributed by atoms with Crippen LogP contribution in [-0.4, -0.2) is 45.4 Å². The Morgan fingerprint density at radius 2 is 2.00 bits per heavy atom. The lowest BCUT2D eigenvalue weighted by atomic mass is 10.1. The van der Waals surface area contributed by atoms with Gasteiger partial charge >= 0.3 is 0 Å². The van der Waals surface area contributed by atoms with Crippen LogP contribution in [0, 0.1) is 0 Å². The fourth-order valence-corrected chi connectivity index (χ4v) is 4.32. The van der Waals surface area contributed by atoms with Crippen LogP contribution in [0.4, 0.5) is 14.7 Å². The third-order valence-corrected chi connectivity index (χ3v) is 6.17. The number of aromatic nitrogens is 4. The molecule has 2 aromatic rings. The summed E-state index contributed by atoms with van der Waals surface area (Å²) in [6.07, 6.45) is 6.95. The van der Waals surface area contributed by atoms with Gasteiger partial charge in [0.1, 0.15) is 5.69 Å². The zero-order valence-electron chi connectivity index (χ0n) is 15.5. The van der Waals surface area contributed by atoms with Crippen LogP contribution in [0.5, 0.6) is 0 Å². The first kappa shape index (κ1) is 17.0. The van der Waals surface area contributed by atoms with Gasteiger partial charge in [0, 0.05) is 36.3 Å². The number of alkyl halides is 2. The van der Waals surface area contributed by atoms with Crippen molar-refractivity contribution in [3.8, 4) is 11.3 Å². The molecule has 6 nitrogen and oxygen atoms in total. The van der Waals surface area contributed by atoms with Gasteiger partial charge in [-0.2, -0.15) is 13.9 Å². The summed E-state index contributed by atoms with van der Waals surface area (Å²) in [5.74, 6) is -2.44. The van der Waals surface area contributed by atoms with Crippen molar-refractivity contribution in [2.45, 2.75) is 57.0 Å². The number of nitrogens with one attached hydrogen (secondary N) is 1. The van der Waals surface area contributed by atoms with Crippen molar-refractivity contribution in [2.24, 2.45) is 0 Å². The first-order valence-electron chi connectivity index (χ1n) is 9.84. The van der Waals surface area contributed by atoms with Gasteiger partial charge < -0.3 is 10.2 Å². The molecule has 4 heterocycles. The van der Waals surface area contributed by atoms with Gasteiger partial charge in [-0.05, 0) is 45.7 Å². The van der Waals surface area contributed by atoms with E-state index in [1.807, 2.05) is 15.8 Å². The molecular formula is C19H24F2N6. The lowest BCUT2D eigenvalue weighted by molar-refractivity contribution is -0.00595. The van der Waals surface area contributed by atoms with E-state index in [0.717, 1.165) is 44.5 Å². The summed E-state index contributed by atoms with van der Waals surface area (Å²) in [5, 5.41) is 7.88. The van der Waals surface area contributed by atoms with Crippen LogP contribution in [0.25, 0.3) is 11.3 Å². The van der Waals surface area contributed by atoms with Crippen LogP contribution < -0.4 is 10.2 Å². The molecule has 0 spiro atoms. The Bertz CT molecular complexity index is 858. The number of nitrogens with zero attached hydrogens (tertiary/aromatic N) is 5. The molecular weight excluding hydrogens is 350 g/mol. The van der Waals surface area contributed by atoms with Crippen molar-refractivity contribution >= 4 is 5.95 Å². The van der Waals surface area contributed by atoms with E-state index >= 15 is 0 Å². The topological polar surface area (TPSA) is 58.9 Å².